The quantitative estimate of drug-likeness (QED) is 0.913. The number of hydrogen-bond acceptors (Lipinski definition) is 5. The monoisotopic (exact) mass is 331 g/mol. The predicted molar refractivity (Wildman–Crippen MR) is 87.7 cm³/mol. The van der Waals surface area contributed by atoms with Crippen LogP contribution in [0.4, 0.5) is 0 Å². The van der Waals surface area contributed by atoms with Gasteiger partial charge in [0.2, 0.25) is 11.7 Å². The molecule has 2 fully saturated rings. The lowest BCUT2D eigenvalue weighted by atomic mass is 9.84. The first-order valence-corrected chi connectivity index (χ1v) is 9.15. The summed E-state index contributed by atoms with van der Waals surface area (Å²) in [6.45, 7) is 2.36. The molecule has 0 radical (unpaired) electrons. The summed E-state index contributed by atoms with van der Waals surface area (Å²) in [5.74, 6) is 2.96. The average molecular weight is 331 g/mol. The third kappa shape index (κ3) is 3.02. The van der Waals surface area contributed by atoms with E-state index in [-0.39, 0.29) is 18.5 Å². The van der Waals surface area contributed by atoms with Crippen molar-refractivity contribution in [3.8, 4) is 10.8 Å². The molecule has 0 saturated heterocycles. The van der Waals surface area contributed by atoms with Crippen molar-refractivity contribution in [2.75, 3.05) is 0 Å². The van der Waals surface area contributed by atoms with E-state index in [0.717, 1.165) is 16.8 Å². The van der Waals surface area contributed by atoms with E-state index < -0.39 is 0 Å². The second-order valence-corrected chi connectivity index (χ2v) is 7.69. The van der Waals surface area contributed by atoms with E-state index in [2.05, 4.69) is 27.3 Å². The zero-order chi connectivity index (χ0) is 15.8. The van der Waals surface area contributed by atoms with Gasteiger partial charge in [0.05, 0.1) is 0 Å². The van der Waals surface area contributed by atoms with Gasteiger partial charge >= 0.3 is 0 Å². The molecule has 7 heteroatoms. The number of hydrogen-bond donors (Lipinski definition) is 1. The molecular weight excluding hydrogens is 310 g/mol. The molecule has 2 aliphatic carbocycles. The van der Waals surface area contributed by atoms with Crippen molar-refractivity contribution >= 4 is 17.2 Å². The summed E-state index contributed by atoms with van der Waals surface area (Å²) < 4.78 is 1.58. The molecule has 1 amide bonds. The first-order valence-electron chi connectivity index (χ1n) is 8.27. The minimum Gasteiger partial charge on any atom is -0.352 e. The van der Waals surface area contributed by atoms with Gasteiger partial charge in [0.1, 0.15) is 12.9 Å². The number of nitrogens with one attached hydrogen (secondary N) is 1. The summed E-state index contributed by atoms with van der Waals surface area (Å²) in [5, 5.41) is 10.2. The maximum absolute atomic E-state index is 12.3. The fraction of sp³-hybridized carbons (Fsp3) is 0.625. The highest BCUT2D eigenvalue weighted by molar-refractivity contribution is 7.12. The molecule has 2 heterocycles. The molecule has 2 saturated carbocycles. The smallest absolute Gasteiger partial charge is 0.242 e. The number of thiazole rings is 1. The van der Waals surface area contributed by atoms with Gasteiger partial charge in [-0.1, -0.05) is 6.42 Å². The Bertz CT molecular complexity index is 682. The van der Waals surface area contributed by atoms with Gasteiger partial charge in [-0.3, -0.25) is 4.79 Å². The van der Waals surface area contributed by atoms with E-state index >= 15 is 0 Å². The molecular formula is C16H21N5OS. The normalized spacial score (nSPS) is 27.3. The number of carbonyl (C=O) groups excluding carboxylic acids is 1. The zero-order valence-electron chi connectivity index (χ0n) is 13.2. The van der Waals surface area contributed by atoms with Crippen LogP contribution in [0.25, 0.3) is 10.8 Å². The fourth-order valence-electron chi connectivity index (χ4n) is 4.26. The molecule has 0 unspecified atom stereocenters. The van der Waals surface area contributed by atoms with Crippen LogP contribution >= 0.6 is 11.3 Å². The second-order valence-electron chi connectivity index (χ2n) is 6.80. The Morgan fingerprint density at radius 1 is 1.43 bits per heavy atom. The molecule has 122 valence electrons. The van der Waals surface area contributed by atoms with Crippen LogP contribution in [0.3, 0.4) is 0 Å². The first kappa shape index (κ1) is 14.8. The van der Waals surface area contributed by atoms with Crippen LogP contribution in [0.1, 0.15) is 32.6 Å². The summed E-state index contributed by atoms with van der Waals surface area (Å²) in [6.07, 6.45) is 8.70. The number of nitrogens with zero attached hydrogens (tertiary/aromatic N) is 4. The third-order valence-corrected chi connectivity index (χ3v) is 6.06. The molecule has 23 heavy (non-hydrogen) atoms. The van der Waals surface area contributed by atoms with Crippen molar-refractivity contribution in [3.05, 3.63) is 17.9 Å². The van der Waals surface area contributed by atoms with E-state index in [0.29, 0.717) is 11.7 Å². The second kappa shape index (κ2) is 6.03. The van der Waals surface area contributed by atoms with Gasteiger partial charge in [-0.25, -0.2) is 14.6 Å². The lowest BCUT2D eigenvalue weighted by Gasteiger charge is -2.28. The zero-order valence-corrected chi connectivity index (χ0v) is 14.0. The van der Waals surface area contributed by atoms with Crippen molar-refractivity contribution in [1.82, 2.24) is 25.1 Å². The topological polar surface area (TPSA) is 72.7 Å². The predicted octanol–water partition coefficient (Wildman–Crippen LogP) is 2.34. The van der Waals surface area contributed by atoms with Gasteiger partial charge in [0.15, 0.2) is 5.01 Å². The summed E-state index contributed by atoms with van der Waals surface area (Å²) in [7, 11) is 0. The molecule has 0 aromatic carbocycles. The van der Waals surface area contributed by atoms with Gasteiger partial charge in [0, 0.05) is 17.6 Å². The van der Waals surface area contributed by atoms with Crippen LogP contribution in [0.15, 0.2) is 17.9 Å². The number of fused-ring (bicyclic) bond motifs is 2. The molecule has 4 rings (SSSR count). The highest BCUT2D eigenvalue weighted by Crippen LogP contribution is 2.49. The number of rotatable bonds is 5. The van der Waals surface area contributed by atoms with Crippen molar-refractivity contribution < 1.29 is 4.79 Å². The van der Waals surface area contributed by atoms with E-state index in [9.17, 15) is 4.79 Å². The van der Waals surface area contributed by atoms with E-state index in [1.165, 1.54) is 37.0 Å². The van der Waals surface area contributed by atoms with Gasteiger partial charge < -0.3 is 5.32 Å². The molecule has 0 spiro atoms. The first-order chi connectivity index (χ1) is 11.2. The number of carbonyl (C=O) groups is 1. The largest absolute Gasteiger partial charge is 0.352 e. The Hall–Kier alpha value is -1.76. The molecule has 2 aromatic rings. The summed E-state index contributed by atoms with van der Waals surface area (Å²) in [5.41, 5.74) is 0. The Labute approximate surface area is 139 Å². The lowest BCUT2D eigenvalue weighted by molar-refractivity contribution is -0.122. The van der Waals surface area contributed by atoms with Crippen LogP contribution in [-0.4, -0.2) is 31.7 Å². The molecule has 2 bridgehead atoms. The van der Waals surface area contributed by atoms with Crippen molar-refractivity contribution in [1.29, 1.82) is 0 Å². The van der Waals surface area contributed by atoms with E-state index in [1.54, 1.807) is 17.2 Å². The van der Waals surface area contributed by atoms with Crippen LogP contribution in [-0.2, 0) is 11.3 Å². The maximum Gasteiger partial charge on any atom is 0.242 e. The van der Waals surface area contributed by atoms with E-state index in [4.69, 9.17) is 0 Å². The number of amides is 1. The van der Waals surface area contributed by atoms with Crippen LogP contribution < -0.4 is 5.32 Å². The van der Waals surface area contributed by atoms with E-state index in [1.807, 2.05) is 5.38 Å². The Morgan fingerprint density at radius 3 is 3.04 bits per heavy atom. The molecule has 6 nitrogen and oxygen atoms in total. The van der Waals surface area contributed by atoms with Crippen molar-refractivity contribution in [2.24, 2.45) is 17.8 Å². The minimum absolute atomic E-state index is 0.0101. The molecule has 1 N–H and O–H groups in total. The van der Waals surface area contributed by atoms with Gasteiger partial charge in [-0.05, 0) is 43.9 Å². The Morgan fingerprint density at radius 2 is 2.35 bits per heavy atom. The van der Waals surface area contributed by atoms with Crippen molar-refractivity contribution in [3.63, 3.8) is 0 Å². The number of aromatic nitrogens is 4. The molecule has 2 aromatic heterocycles. The van der Waals surface area contributed by atoms with Crippen LogP contribution in [0, 0.1) is 17.8 Å². The third-order valence-electron chi connectivity index (χ3n) is 5.29. The van der Waals surface area contributed by atoms with Gasteiger partial charge in [-0.2, -0.15) is 0 Å². The summed E-state index contributed by atoms with van der Waals surface area (Å²) >= 11 is 1.49. The average Bonchev–Trinajstić information content (AvgIpc) is 3.30. The highest BCUT2D eigenvalue weighted by Gasteiger charge is 2.42. The highest BCUT2D eigenvalue weighted by atomic mass is 32.1. The summed E-state index contributed by atoms with van der Waals surface area (Å²) in [6, 6.07) is 0.250. The van der Waals surface area contributed by atoms with Crippen LogP contribution in [0.5, 0.6) is 0 Å². The van der Waals surface area contributed by atoms with Gasteiger partial charge in [0.25, 0.3) is 0 Å². The fourth-order valence-corrected chi connectivity index (χ4v) is 4.83. The minimum atomic E-state index is 0.0101. The molecule has 0 aliphatic heterocycles. The lowest BCUT2D eigenvalue weighted by Crippen LogP contribution is -2.41. The SMILES string of the molecule is C[C@H](NC(=O)Cn1cnc(-c2nccs2)n1)[C@H]1C[C@H]2CC[C@H]1C2. The van der Waals surface area contributed by atoms with Crippen LogP contribution in [0.2, 0.25) is 0 Å². The van der Waals surface area contributed by atoms with Crippen molar-refractivity contribution in [2.45, 2.75) is 45.2 Å². The molecule has 4 atom stereocenters. The van der Waals surface area contributed by atoms with Gasteiger partial charge in [-0.15, -0.1) is 16.4 Å². The molecule has 2 aliphatic rings. The standard InChI is InChI=1S/C16H21N5OS/c1-10(13-7-11-2-3-12(13)6-11)19-14(22)8-21-9-18-15(20-21)16-17-4-5-23-16/h4-5,9-13H,2-3,6-8H2,1H3,(H,19,22)/t10-,11-,12-,13+/m0/s1. The maximum atomic E-state index is 12.3. The summed E-state index contributed by atoms with van der Waals surface area (Å²) in [4.78, 5) is 20.7. The Kier molecular flexibility index (Phi) is 3.88. The Balaban J connectivity index is 1.33.